The SMILES string of the molecule is CCNC(=NCc1ccccc1)NCCCCN1C(=O)c2ccccc2C1=O. The Morgan fingerprint density at radius 3 is 2.18 bits per heavy atom. The van der Waals surface area contributed by atoms with Crippen molar-refractivity contribution in [1.29, 1.82) is 0 Å². The Kier molecular flexibility index (Phi) is 6.78. The molecule has 2 N–H and O–H groups in total. The Hall–Kier alpha value is -3.15. The van der Waals surface area contributed by atoms with Crippen molar-refractivity contribution in [3.8, 4) is 0 Å². The zero-order valence-corrected chi connectivity index (χ0v) is 16.1. The highest BCUT2D eigenvalue weighted by atomic mass is 16.2. The number of nitrogens with one attached hydrogen (secondary N) is 2. The predicted octanol–water partition coefficient (Wildman–Crippen LogP) is 2.82. The molecule has 2 aromatic carbocycles. The van der Waals surface area contributed by atoms with Gasteiger partial charge in [-0.15, -0.1) is 0 Å². The number of aliphatic imine (C=N–C) groups is 1. The number of imide groups is 1. The monoisotopic (exact) mass is 378 g/mol. The van der Waals surface area contributed by atoms with E-state index in [1.807, 2.05) is 25.1 Å². The maximum absolute atomic E-state index is 12.3. The Labute approximate surface area is 165 Å². The van der Waals surface area contributed by atoms with Crippen molar-refractivity contribution < 1.29 is 9.59 Å². The maximum Gasteiger partial charge on any atom is 0.261 e. The molecule has 28 heavy (non-hydrogen) atoms. The van der Waals surface area contributed by atoms with Crippen molar-refractivity contribution in [3.05, 3.63) is 71.3 Å². The second-order valence-corrected chi connectivity index (χ2v) is 6.62. The molecule has 6 heteroatoms. The molecule has 3 rings (SSSR count). The maximum atomic E-state index is 12.3. The van der Waals surface area contributed by atoms with Crippen LogP contribution in [0.25, 0.3) is 0 Å². The zero-order valence-electron chi connectivity index (χ0n) is 16.1. The van der Waals surface area contributed by atoms with Crippen molar-refractivity contribution in [3.63, 3.8) is 0 Å². The average Bonchev–Trinajstić information content (AvgIpc) is 2.97. The summed E-state index contributed by atoms with van der Waals surface area (Å²) in [7, 11) is 0. The van der Waals surface area contributed by atoms with Gasteiger partial charge >= 0.3 is 0 Å². The first-order valence-electron chi connectivity index (χ1n) is 9.72. The summed E-state index contributed by atoms with van der Waals surface area (Å²) in [5.74, 6) is 0.393. The molecule has 0 radical (unpaired) electrons. The van der Waals surface area contributed by atoms with Crippen molar-refractivity contribution in [2.75, 3.05) is 19.6 Å². The third-order valence-electron chi connectivity index (χ3n) is 4.59. The molecule has 0 atom stereocenters. The second kappa shape index (κ2) is 9.69. The quantitative estimate of drug-likeness (QED) is 0.321. The molecule has 0 aliphatic carbocycles. The molecule has 1 aliphatic rings. The molecule has 1 heterocycles. The number of nitrogens with zero attached hydrogens (tertiary/aromatic N) is 2. The number of hydrogen-bond acceptors (Lipinski definition) is 3. The summed E-state index contributed by atoms with van der Waals surface area (Å²) in [6, 6.07) is 17.1. The number of amides is 2. The van der Waals surface area contributed by atoms with Crippen LogP contribution in [0.2, 0.25) is 0 Å². The van der Waals surface area contributed by atoms with Gasteiger partial charge in [-0.2, -0.15) is 0 Å². The summed E-state index contributed by atoms with van der Waals surface area (Å²) in [4.78, 5) is 30.6. The van der Waals surface area contributed by atoms with E-state index in [0.717, 1.165) is 37.5 Å². The van der Waals surface area contributed by atoms with Gasteiger partial charge in [0.15, 0.2) is 5.96 Å². The van der Waals surface area contributed by atoms with Crippen LogP contribution in [0, 0.1) is 0 Å². The van der Waals surface area contributed by atoms with Crippen LogP contribution in [0.4, 0.5) is 0 Å². The Morgan fingerprint density at radius 2 is 1.54 bits per heavy atom. The average molecular weight is 378 g/mol. The van der Waals surface area contributed by atoms with Gasteiger partial charge in [0.05, 0.1) is 17.7 Å². The summed E-state index contributed by atoms with van der Waals surface area (Å²) in [5, 5.41) is 6.54. The molecule has 0 aromatic heterocycles. The third-order valence-corrected chi connectivity index (χ3v) is 4.59. The van der Waals surface area contributed by atoms with Crippen molar-refractivity contribution >= 4 is 17.8 Å². The summed E-state index contributed by atoms with van der Waals surface area (Å²) < 4.78 is 0. The van der Waals surface area contributed by atoms with E-state index in [1.54, 1.807) is 24.3 Å². The number of benzene rings is 2. The van der Waals surface area contributed by atoms with Gasteiger partial charge in [-0.25, -0.2) is 4.99 Å². The van der Waals surface area contributed by atoms with Gasteiger partial charge in [0.1, 0.15) is 0 Å². The number of carbonyl (C=O) groups excluding carboxylic acids is 2. The van der Waals surface area contributed by atoms with Crippen LogP contribution in [-0.2, 0) is 6.54 Å². The van der Waals surface area contributed by atoms with E-state index >= 15 is 0 Å². The van der Waals surface area contributed by atoms with Gasteiger partial charge in [0.2, 0.25) is 0 Å². The molecule has 0 saturated heterocycles. The van der Waals surface area contributed by atoms with E-state index in [1.165, 1.54) is 4.90 Å². The molecule has 0 bridgehead atoms. The zero-order chi connectivity index (χ0) is 19.8. The highest BCUT2D eigenvalue weighted by Gasteiger charge is 2.34. The summed E-state index contributed by atoms with van der Waals surface area (Å²) in [6.45, 7) is 4.60. The van der Waals surface area contributed by atoms with E-state index < -0.39 is 0 Å². The van der Waals surface area contributed by atoms with Crippen molar-refractivity contribution in [2.24, 2.45) is 4.99 Å². The summed E-state index contributed by atoms with van der Waals surface area (Å²) in [6.07, 6.45) is 1.58. The van der Waals surface area contributed by atoms with E-state index in [0.29, 0.717) is 24.2 Å². The molecule has 0 saturated carbocycles. The van der Waals surface area contributed by atoms with Crippen LogP contribution in [0.1, 0.15) is 46.0 Å². The minimum Gasteiger partial charge on any atom is -0.357 e. The fraction of sp³-hybridized carbons (Fsp3) is 0.318. The molecule has 0 unspecified atom stereocenters. The topological polar surface area (TPSA) is 73.8 Å². The molecule has 1 aliphatic heterocycles. The second-order valence-electron chi connectivity index (χ2n) is 6.62. The first-order valence-corrected chi connectivity index (χ1v) is 9.72. The molecule has 0 fully saturated rings. The Morgan fingerprint density at radius 1 is 0.893 bits per heavy atom. The van der Waals surface area contributed by atoms with Gasteiger partial charge in [-0.05, 0) is 37.5 Å². The van der Waals surface area contributed by atoms with E-state index in [2.05, 4.69) is 27.8 Å². The van der Waals surface area contributed by atoms with Gasteiger partial charge in [-0.1, -0.05) is 42.5 Å². The fourth-order valence-corrected chi connectivity index (χ4v) is 3.14. The van der Waals surface area contributed by atoms with Gasteiger partial charge < -0.3 is 10.6 Å². The standard InChI is InChI=1S/C22H26N4O2/c1-2-23-22(25-16-17-10-4-3-5-11-17)24-14-8-9-15-26-20(27)18-12-6-7-13-19(18)21(26)28/h3-7,10-13H,2,8-9,14-16H2,1H3,(H2,23,24,25). The van der Waals surface area contributed by atoms with Crippen LogP contribution in [0.15, 0.2) is 59.6 Å². The van der Waals surface area contributed by atoms with Gasteiger partial charge in [0, 0.05) is 19.6 Å². The number of guanidine groups is 1. The van der Waals surface area contributed by atoms with E-state index in [9.17, 15) is 9.59 Å². The number of rotatable bonds is 8. The molecule has 2 aromatic rings. The molecule has 0 spiro atoms. The van der Waals surface area contributed by atoms with Crippen LogP contribution in [0.3, 0.4) is 0 Å². The molecule has 6 nitrogen and oxygen atoms in total. The molecular formula is C22H26N4O2. The van der Waals surface area contributed by atoms with Crippen molar-refractivity contribution in [2.45, 2.75) is 26.3 Å². The minimum atomic E-state index is -0.189. The number of fused-ring (bicyclic) bond motifs is 1. The van der Waals surface area contributed by atoms with Gasteiger partial charge in [0.25, 0.3) is 11.8 Å². The number of unbranched alkanes of at least 4 members (excludes halogenated alkanes) is 1. The first kappa shape index (κ1) is 19.6. The number of hydrogen-bond donors (Lipinski definition) is 2. The van der Waals surface area contributed by atoms with Crippen LogP contribution < -0.4 is 10.6 Å². The lowest BCUT2D eigenvalue weighted by atomic mass is 10.1. The van der Waals surface area contributed by atoms with Gasteiger partial charge in [-0.3, -0.25) is 14.5 Å². The van der Waals surface area contributed by atoms with Crippen molar-refractivity contribution in [1.82, 2.24) is 15.5 Å². The Balaban J connectivity index is 1.43. The Bertz CT molecular complexity index is 814. The lowest BCUT2D eigenvalue weighted by molar-refractivity contribution is 0.0652. The number of carbonyl (C=O) groups is 2. The van der Waals surface area contributed by atoms with Crippen LogP contribution in [-0.4, -0.2) is 42.3 Å². The molecular weight excluding hydrogens is 352 g/mol. The normalized spacial score (nSPS) is 13.6. The lowest BCUT2D eigenvalue weighted by Crippen LogP contribution is -2.38. The smallest absolute Gasteiger partial charge is 0.261 e. The van der Waals surface area contributed by atoms with E-state index in [-0.39, 0.29) is 11.8 Å². The molecule has 146 valence electrons. The third kappa shape index (κ3) is 4.76. The predicted molar refractivity (Wildman–Crippen MR) is 110 cm³/mol. The highest BCUT2D eigenvalue weighted by Crippen LogP contribution is 2.22. The van der Waals surface area contributed by atoms with Crippen LogP contribution in [0.5, 0.6) is 0 Å². The largest absolute Gasteiger partial charge is 0.357 e. The minimum absolute atomic E-state index is 0.189. The highest BCUT2D eigenvalue weighted by molar-refractivity contribution is 6.21. The molecule has 2 amide bonds. The lowest BCUT2D eigenvalue weighted by Gasteiger charge is -2.14. The van der Waals surface area contributed by atoms with Crippen LogP contribution >= 0.6 is 0 Å². The first-order chi connectivity index (χ1) is 13.7. The fourth-order valence-electron chi connectivity index (χ4n) is 3.14. The van der Waals surface area contributed by atoms with E-state index in [4.69, 9.17) is 0 Å². The summed E-state index contributed by atoms with van der Waals surface area (Å²) in [5.41, 5.74) is 2.17. The summed E-state index contributed by atoms with van der Waals surface area (Å²) >= 11 is 0.